The average molecular weight is 469 g/mol. The van der Waals surface area contributed by atoms with E-state index in [1.807, 2.05) is 26.8 Å². The third kappa shape index (κ3) is 8.48. The third-order valence-corrected chi connectivity index (χ3v) is 4.83. The lowest BCUT2D eigenvalue weighted by atomic mass is 9.96. The first-order valence-corrected chi connectivity index (χ1v) is 10.3. The maximum Gasteiger partial charge on any atom is 0.335 e. The first-order chi connectivity index (χ1) is 14.9. The van der Waals surface area contributed by atoms with Crippen LogP contribution in [-0.4, -0.2) is 70.1 Å². The highest BCUT2D eigenvalue weighted by molar-refractivity contribution is 6.31. The predicted molar refractivity (Wildman–Crippen MR) is 118 cm³/mol. The Labute approximate surface area is 191 Å². The normalized spacial score (nSPS) is 14.8. The number of hydrogen-bond acceptors (Lipinski definition) is 6. The number of aliphatic hydroxyl groups excluding tert-OH is 2. The number of amides is 1. The quantitative estimate of drug-likeness (QED) is 0.347. The van der Waals surface area contributed by atoms with Crippen LogP contribution in [0.4, 0.5) is 0 Å². The number of halogens is 1. The molecule has 1 heterocycles. The summed E-state index contributed by atoms with van der Waals surface area (Å²) < 4.78 is 0. The number of aliphatic hydroxyl groups is 2. The molecule has 6 N–H and O–H groups in total. The van der Waals surface area contributed by atoms with Crippen LogP contribution < -0.4 is 10.6 Å². The maximum absolute atomic E-state index is 11.8. The van der Waals surface area contributed by atoms with Crippen LogP contribution in [0.2, 0.25) is 5.02 Å². The van der Waals surface area contributed by atoms with Crippen LogP contribution in [0.3, 0.4) is 0 Å². The van der Waals surface area contributed by atoms with Crippen molar-refractivity contribution in [3.05, 3.63) is 33.8 Å². The minimum Gasteiger partial charge on any atom is -0.479 e. The van der Waals surface area contributed by atoms with Crippen molar-refractivity contribution in [1.29, 1.82) is 0 Å². The molecule has 2 unspecified atom stereocenters. The SMILES string of the molecule is CC(C)(C)C(=O)NCC#Cc1c(Cl)ccc2c1CCNCC2.O=C(O)C(O)C(O)C(=O)O. The van der Waals surface area contributed by atoms with E-state index in [2.05, 4.69) is 28.5 Å². The summed E-state index contributed by atoms with van der Waals surface area (Å²) in [7, 11) is 0. The van der Waals surface area contributed by atoms with Gasteiger partial charge in [-0.3, -0.25) is 4.79 Å². The number of nitrogens with one attached hydrogen (secondary N) is 2. The molecule has 0 aromatic heterocycles. The summed E-state index contributed by atoms with van der Waals surface area (Å²) in [6.07, 6.45) is -2.59. The van der Waals surface area contributed by atoms with Crippen LogP contribution in [0.5, 0.6) is 0 Å². The second kappa shape index (κ2) is 12.4. The Morgan fingerprint density at radius 3 is 2.19 bits per heavy atom. The molecule has 0 aliphatic carbocycles. The smallest absolute Gasteiger partial charge is 0.335 e. The molecule has 2 rings (SSSR count). The molecule has 1 aromatic rings. The van der Waals surface area contributed by atoms with Crippen molar-refractivity contribution in [3.63, 3.8) is 0 Å². The molecule has 2 atom stereocenters. The average Bonchev–Trinajstić information content (AvgIpc) is 2.96. The van der Waals surface area contributed by atoms with Crippen molar-refractivity contribution in [1.82, 2.24) is 10.6 Å². The number of rotatable bonds is 4. The number of fused-ring (bicyclic) bond motifs is 1. The number of carbonyl (C=O) groups is 3. The van der Waals surface area contributed by atoms with Gasteiger partial charge in [-0.25, -0.2) is 9.59 Å². The Bertz CT molecular complexity index is 882. The molecule has 0 fully saturated rings. The lowest BCUT2D eigenvalue weighted by molar-refractivity contribution is -0.165. The lowest BCUT2D eigenvalue weighted by Gasteiger charge is -2.16. The van der Waals surface area contributed by atoms with Crippen molar-refractivity contribution in [2.24, 2.45) is 5.41 Å². The molecular weight excluding hydrogens is 440 g/mol. The Morgan fingerprint density at radius 1 is 1.09 bits per heavy atom. The molecule has 176 valence electrons. The van der Waals surface area contributed by atoms with E-state index in [1.54, 1.807) is 0 Å². The van der Waals surface area contributed by atoms with E-state index in [9.17, 15) is 14.4 Å². The van der Waals surface area contributed by atoms with E-state index in [-0.39, 0.29) is 5.91 Å². The van der Waals surface area contributed by atoms with Crippen molar-refractivity contribution in [2.75, 3.05) is 19.6 Å². The van der Waals surface area contributed by atoms with Gasteiger partial charge in [-0.15, -0.1) is 0 Å². The number of aliphatic carboxylic acids is 2. The van der Waals surface area contributed by atoms with Gasteiger partial charge in [0.2, 0.25) is 5.91 Å². The predicted octanol–water partition coefficient (Wildman–Crippen LogP) is 0.419. The molecular formula is C22H29ClN2O7. The topological polar surface area (TPSA) is 156 Å². The highest BCUT2D eigenvalue weighted by Crippen LogP contribution is 2.24. The van der Waals surface area contributed by atoms with Gasteiger partial charge in [-0.05, 0) is 43.1 Å². The van der Waals surface area contributed by atoms with Crippen LogP contribution in [0.1, 0.15) is 37.5 Å². The molecule has 32 heavy (non-hydrogen) atoms. The van der Waals surface area contributed by atoms with Gasteiger partial charge >= 0.3 is 11.9 Å². The summed E-state index contributed by atoms with van der Waals surface area (Å²) in [5, 5.41) is 39.4. The van der Waals surface area contributed by atoms with Crippen LogP contribution in [0.15, 0.2) is 12.1 Å². The number of benzene rings is 1. The van der Waals surface area contributed by atoms with Gasteiger partial charge in [-0.1, -0.05) is 50.3 Å². The zero-order valence-electron chi connectivity index (χ0n) is 18.2. The maximum atomic E-state index is 11.8. The van der Waals surface area contributed by atoms with Crippen molar-refractivity contribution in [3.8, 4) is 11.8 Å². The summed E-state index contributed by atoms with van der Waals surface area (Å²) in [6.45, 7) is 7.93. The van der Waals surface area contributed by atoms with Gasteiger partial charge in [0.25, 0.3) is 0 Å². The molecule has 0 saturated heterocycles. The van der Waals surface area contributed by atoms with E-state index in [0.29, 0.717) is 11.6 Å². The van der Waals surface area contributed by atoms with Gasteiger partial charge in [-0.2, -0.15) is 0 Å². The summed E-state index contributed by atoms with van der Waals surface area (Å²) in [4.78, 5) is 31.4. The number of carboxylic acid groups (broad SMARTS) is 2. The molecule has 1 amide bonds. The van der Waals surface area contributed by atoms with Crippen molar-refractivity contribution in [2.45, 2.75) is 45.8 Å². The fourth-order valence-corrected chi connectivity index (χ4v) is 2.90. The van der Waals surface area contributed by atoms with E-state index >= 15 is 0 Å². The Kier molecular flexibility index (Phi) is 10.6. The number of carbonyl (C=O) groups excluding carboxylic acids is 1. The Hall–Kier alpha value is -2.64. The third-order valence-electron chi connectivity index (χ3n) is 4.52. The highest BCUT2D eigenvalue weighted by Gasteiger charge is 2.29. The van der Waals surface area contributed by atoms with Crippen molar-refractivity contribution >= 4 is 29.4 Å². The van der Waals surface area contributed by atoms with Crippen LogP contribution in [-0.2, 0) is 27.2 Å². The Balaban J connectivity index is 0.000000433. The zero-order chi connectivity index (χ0) is 24.5. The fourth-order valence-electron chi connectivity index (χ4n) is 2.67. The highest BCUT2D eigenvalue weighted by atomic mass is 35.5. The zero-order valence-corrected chi connectivity index (χ0v) is 19.0. The standard InChI is InChI=1S/C18H23ClN2O.C4H6O6/c1-18(2,3)17(22)21-10-4-5-15-14-9-12-20-11-8-13(14)6-7-16(15)19;5-1(3(7)8)2(6)4(9)10/h6-7,20H,8-12H2,1-3H3,(H,21,22);1-2,5-6H,(H,7,8)(H,9,10). The van der Waals surface area contributed by atoms with Gasteiger partial charge < -0.3 is 31.1 Å². The second-order valence-electron chi connectivity index (χ2n) is 8.11. The van der Waals surface area contributed by atoms with Crippen LogP contribution >= 0.6 is 11.6 Å². The second-order valence-corrected chi connectivity index (χ2v) is 8.52. The first-order valence-electron chi connectivity index (χ1n) is 9.96. The first kappa shape index (κ1) is 27.4. The van der Waals surface area contributed by atoms with Gasteiger partial charge in [0.05, 0.1) is 11.6 Å². The van der Waals surface area contributed by atoms with Crippen LogP contribution in [0.25, 0.3) is 0 Å². The molecule has 0 spiro atoms. The molecule has 0 saturated carbocycles. The summed E-state index contributed by atoms with van der Waals surface area (Å²) >= 11 is 6.32. The van der Waals surface area contributed by atoms with E-state index in [1.165, 1.54) is 11.1 Å². The number of carboxylic acids is 2. The van der Waals surface area contributed by atoms with Gasteiger partial charge in [0.15, 0.2) is 12.2 Å². The number of hydrogen-bond donors (Lipinski definition) is 6. The van der Waals surface area contributed by atoms with E-state index < -0.39 is 29.6 Å². The molecule has 9 nitrogen and oxygen atoms in total. The van der Waals surface area contributed by atoms with E-state index in [4.69, 9.17) is 32.0 Å². The van der Waals surface area contributed by atoms with Crippen molar-refractivity contribution < 1.29 is 34.8 Å². The summed E-state index contributed by atoms with van der Waals surface area (Å²) in [5.41, 5.74) is 3.08. The fraction of sp³-hybridized carbons (Fsp3) is 0.500. The largest absolute Gasteiger partial charge is 0.479 e. The summed E-state index contributed by atoms with van der Waals surface area (Å²) in [6, 6.07) is 4.01. The molecule has 1 aromatic carbocycles. The molecule has 10 heteroatoms. The minimum atomic E-state index is -2.27. The lowest BCUT2D eigenvalue weighted by Crippen LogP contribution is -2.39. The van der Waals surface area contributed by atoms with Gasteiger partial charge in [0, 0.05) is 11.0 Å². The molecule has 1 aliphatic rings. The molecule has 1 aliphatic heterocycles. The minimum absolute atomic E-state index is 0.00369. The monoisotopic (exact) mass is 468 g/mol. The van der Waals surface area contributed by atoms with Crippen LogP contribution in [0, 0.1) is 17.3 Å². The van der Waals surface area contributed by atoms with Gasteiger partial charge in [0.1, 0.15) is 0 Å². The van der Waals surface area contributed by atoms with E-state index in [0.717, 1.165) is 31.5 Å². The molecule has 0 radical (unpaired) electrons. The Morgan fingerprint density at radius 2 is 1.66 bits per heavy atom. The summed E-state index contributed by atoms with van der Waals surface area (Å²) in [5.74, 6) is 2.65. The molecule has 0 bridgehead atoms.